The van der Waals surface area contributed by atoms with Crippen molar-refractivity contribution in [2.45, 2.75) is 52.0 Å². The van der Waals surface area contributed by atoms with Crippen LogP contribution in [0.4, 0.5) is 0 Å². The van der Waals surface area contributed by atoms with E-state index in [1.54, 1.807) is 26.0 Å². The Kier molecular flexibility index (Phi) is 13.2. The van der Waals surface area contributed by atoms with E-state index < -0.39 is 30.3 Å². The van der Waals surface area contributed by atoms with Crippen LogP contribution < -0.4 is 21.3 Å². The Labute approximate surface area is 233 Å². The van der Waals surface area contributed by atoms with Gasteiger partial charge in [-0.25, -0.2) is 0 Å². The topological polar surface area (TPSA) is 171 Å². The van der Waals surface area contributed by atoms with Crippen LogP contribution in [0.3, 0.4) is 0 Å². The lowest BCUT2D eigenvalue weighted by molar-refractivity contribution is -0.137. The minimum absolute atomic E-state index is 0.139. The number of hydrogen-bond donors (Lipinski definition) is 4. The molecule has 0 aliphatic carbocycles. The maximum atomic E-state index is 12.7. The van der Waals surface area contributed by atoms with Crippen molar-refractivity contribution in [3.8, 4) is 0 Å². The molecule has 0 saturated carbocycles. The molecule has 1 aliphatic rings. The van der Waals surface area contributed by atoms with Gasteiger partial charge in [0.05, 0.1) is 19.6 Å². The molecule has 4 N–H and O–H groups in total. The van der Waals surface area contributed by atoms with E-state index in [9.17, 15) is 33.6 Å². The molecule has 0 radical (unpaired) electrons. The van der Waals surface area contributed by atoms with Gasteiger partial charge >= 0.3 is 0 Å². The van der Waals surface area contributed by atoms with Crippen molar-refractivity contribution >= 4 is 41.2 Å². The summed E-state index contributed by atoms with van der Waals surface area (Å²) in [6, 6.07) is 8.10. The highest BCUT2D eigenvalue weighted by atomic mass is 16.2. The van der Waals surface area contributed by atoms with Gasteiger partial charge in [0, 0.05) is 37.5 Å². The Balaban J connectivity index is 1.69. The highest BCUT2D eigenvalue weighted by Crippen LogP contribution is 2.08. The number of nitrogens with one attached hydrogen (secondary N) is 4. The minimum Gasteiger partial charge on any atom is -0.347 e. The van der Waals surface area contributed by atoms with E-state index in [1.165, 1.54) is 12.2 Å². The lowest BCUT2D eigenvalue weighted by atomic mass is 10.0. The summed E-state index contributed by atoms with van der Waals surface area (Å²) in [6.07, 6.45) is 4.53. The first-order valence-electron chi connectivity index (χ1n) is 13.3. The molecule has 0 aromatic heterocycles. The van der Waals surface area contributed by atoms with Crippen LogP contribution in [0.1, 0.15) is 45.1 Å². The van der Waals surface area contributed by atoms with Crippen molar-refractivity contribution < 1.29 is 33.6 Å². The molecule has 1 aromatic carbocycles. The van der Waals surface area contributed by atoms with E-state index in [4.69, 9.17) is 0 Å². The molecular weight excluding hydrogens is 518 g/mol. The number of hydrogen-bond acceptors (Lipinski definition) is 7. The van der Waals surface area contributed by atoms with Gasteiger partial charge in [-0.15, -0.1) is 0 Å². The molecule has 1 aromatic rings. The maximum absolute atomic E-state index is 12.7. The number of carbonyl (C=O) groups excluding carboxylic acids is 7. The molecule has 0 spiro atoms. The van der Waals surface area contributed by atoms with E-state index in [1.807, 2.05) is 18.2 Å². The van der Waals surface area contributed by atoms with Gasteiger partial charge in [-0.2, -0.15) is 0 Å². The SMILES string of the molecule is CC(C)C(=O)CNC(=O)[C@H](Cc1ccccc1)NC(=O)CNC(=O)CNC(=O)CCCCCN1C(=O)C=CC1=O. The molecule has 0 fully saturated rings. The molecule has 2 rings (SSSR count). The Morgan fingerprint density at radius 3 is 2.02 bits per heavy atom. The number of benzene rings is 1. The molecule has 6 amide bonds. The number of nitrogens with zero attached hydrogens (tertiary/aromatic N) is 1. The molecule has 1 aliphatic heterocycles. The van der Waals surface area contributed by atoms with Gasteiger partial charge in [-0.3, -0.25) is 38.5 Å². The van der Waals surface area contributed by atoms with Crippen molar-refractivity contribution in [1.82, 2.24) is 26.2 Å². The van der Waals surface area contributed by atoms with Crippen molar-refractivity contribution in [2.24, 2.45) is 5.92 Å². The number of rotatable bonds is 17. The molecule has 1 atom stereocenters. The second-order valence-electron chi connectivity index (χ2n) is 9.67. The van der Waals surface area contributed by atoms with Crippen LogP contribution in [-0.4, -0.2) is 78.3 Å². The summed E-state index contributed by atoms with van der Waals surface area (Å²) < 4.78 is 0. The van der Waals surface area contributed by atoms with Gasteiger partial charge in [0.2, 0.25) is 23.6 Å². The molecule has 12 heteroatoms. The highest BCUT2D eigenvalue weighted by molar-refractivity contribution is 6.12. The number of unbranched alkanes of at least 4 members (excludes halogenated alkanes) is 2. The average Bonchev–Trinajstić information content (AvgIpc) is 3.25. The van der Waals surface area contributed by atoms with Crippen LogP contribution in [0.15, 0.2) is 42.5 Å². The first-order valence-corrected chi connectivity index (χ1v) is 13.3. The lowest BCUT2D eigenvalue weighted by Crippen LogP contribution is -2.52. The van der Waals surface area contributed by atoms with Gasteiger partial charge in [-0.1, -0.05) is 50.6 Å². The molecule has 40 heavy (non-hydrogen) atoms. The van der Waals surface area contributed by atoms with Crippen LogP contribution in [0, 0.1) is 5.92 Å². The van der Waals surface area contributed by atoms with E-state index in [0.717, 1.165) is 10.5 Å². The van der Waals surface area contributed by atoms with Crippen molar-refractivity contribution in [3.05, 3.63) is 48.0 Å². The zero-order valence-corrected chi connectivity index (χ0v) is 22.9. The molecule has 0 unspecified atom stereocenters. The number of ketones is 1. The van der Waals surface area contributed by atoms with Gasteiger partial charge in [0.25, 0.3) is 11.8 Å². The fraction of sp³-hybridized carbons (Fsp3) is 0.464. The van der Waals surface area contributed by atoms with Crippen LogP contribution in [0.2, 0.25) is 0 Å². The summed E-state index contributed by atoms with van der Waals surface area (Å²) >= 11 is 0. The zero-order valence-electron chi connectivity index (χ0n) is 22.9. The smallest absolute Gasteiger partial charge is 0.253 e. The summed E-state index contributed by atoms with van der Waals surface area (Å²) in [5, 5.41) is 10.0. The largest absolute Gasteiger partial charge is 0.347 e. The zero-order chi connectivity index (χ0) is 29.5. The van der Waals surface area contributed by atoms with Crippen LogP contribution in [0.25, 0.3) is 0 Å². The van der Waals surface area contributed by atoms with E-state index >= 15 is 0 Å². The third-order valence-corrected chi connectivity index (χ3v) is 6.09. The predicted octanol–water partition coefficient (Wildman–Crippen LogP) is -0.227. The highest BCUT2D eigenvalue weighted by Gasteiger charge is 2.23. The monoisotopic (exact) mass is 555 g/mol. The summed E-state index contributed by atoms with van der Waals surface area (Å²) in [7, 11) is 0. The minimum atomic E-state index is -0.954. The molecular formula is C28H37N5O7. The average molecular weight is 556 g/mol. The van der Waals surface area contributed by atoms with E-state index in [2.05, 4.69) is 21.3 Å². The molecule has 12 nitrogen and oxygen atoms in total. The first kappa shape index (κ1) is 31.9. The summed E-state index contributed by atoms with van der Waals surface area (Å²) in [6.45, 7) is 2.88. The number of Topliss-reactive ketones (excluding diaryl/α,β-unsaturated/α-hetero) is 1. The van der Waals surface area contributed by atoms with Crippen molar-refractivity contribution in [1.29, 1.82) is 0 Å². The predicted molar refractivity (Wildman–Crippen MR) is 145 cm³/mol. The van der Waals surface area contributed by atoms with Crippen molar-refractivity contribution in [3.63, 3.8) is 0 Å². The Morgan fingerprint density at radius 2 is 1.38 bits per heavy atom. The summed E-state index contributed by atoms with van der Waals surface area (Å²) in [5.74, 6) is -3.09. The van der Waals surface area contributed by atoms with Crippen LogP contribution >= 0.6 is 0 Å². The Morgan fingerprint density at radius 1 is 0.750 bits per heavy atom. The molecule has 0 saturated heterocycles. The van der Waals surface area contributed by atoms with E-state index in [0.29, 0.717) is 25.8 Å². The fourth-order valence-electron chi connectivity index (χ4n) is 3.70. The molecule has 216 valence electrons. The van der Waals surface area contributed by atoms with Gasteiger partial charge in [-0.05, 0) is 18.4 Å². The number of imide groups is 1. The van der Waals surface area contributed by atoms with Crippen LogP contribution in [-0.2, 0) is 40.0 Å². The van der Waals surface area contributed by atoms with Gasteiger partial charge < -0.3 is 21.3 Å². The maximum Gasteiger partial charge on any atom is 0.253 e. The van der Waals surface area contributed by atoms with E-state index in [-0.39, 0.29) is 55.4 Å². The lowest BCUT2D eigenvalue weighted by Gasteiger charge is -2.19. The quantitative estimate of drug-likeness (QED) is 0.152. The normalized spacial score (nSPS) is 13.2. The molecule has 1 heterocycles. The number of amides is 6. The first-order chi connectivity index (χ1) is 19.1. The van der Waals surface area contributed by atoms with Crippen LogP contribution in [0.5, 0.6) is 0 Å². The van der Waals surface area contributed by atoms with Gasteiger partial charge in [0.15, 0.2) is 5.78 Å². The third-order valence-electron chi connectivity index (χ3n) is 6.09. The van der Waals surface area contributed by atoms with Crippen molar-refractivity contribution in [2.75, 3.05) is 26.2 Å². The fourth-order valence-corrected chi connectivity index (χ4v) is 3.70. The molecule has 0 bridgehead atoms. The summed E-state index contributed by atoms with van der Waals surface area (Å²) in [5.41, 5.74) is 0.805. The van der Waals surface area contributed by atoms with Gasteiger partial charge in [0.1, 0.15) is 6.04 Å². The second-order valence-corrected chi connectivity index (χ2v) is 9.67. The Hall–Kier alpha value is -4.35. The Bertz CT molecular complexity index is 1100. The number of carbonyl (C=O) groups is 7. The third kappa shape index (κ3) is 11.6. The standard InChI is InChI=1S/C28H37N5O7/c1-19(2)22(34)16-31-28(40)21(15-20-9-5-3-6-10-20)32-25(37)18-30-24(36)17-29-23(35)11-7-4-8-14-33-26(38)12-13-27(33)39/h3,5-6,9-10,12-13,19,21H,4,7-8,11,14-18H2,1-2H3,(H,29,35)(H,30,36)(H,31,40)(H,32,37)/t21-/m0/s1. The summed E-state index contributed by atoms with van der Waals surface area (Å²) in [4.78, 5) is 85.3. The second kappa shape index (κ2) is 16.6.